The summed E-state index contributed by atoms with van der Waals surface area (Å²) in [5, 5.41) is 0. The third kappa shape index (κ3) is 2.50. The fourth-order valence-corrected chi connectivity index (χ4v) is 1.26. The molecule has 1 unspecified atom stereocenters. The molecule has 0 saturated carbocycles. The fourth-order valence-electron chi connectivity index (χ4n) is 1.26. The Labute approximate surface area is 81.8 Å². The minimum atomic E-state index is -4.27. The lowest BCUT2D eigenvalue weighted by atomic mass is 9.98. The van der Waals surface area contributed by atoms with Gasteiger partial charge in [0.2, 0.25) is 0 Å². The summed E-state index contributed by atoms with van der Waals surface area (Å²) in [6.07, 6.45) is -4.27. The molecule has 14 heavy (non-hydrogen) atoms. The van der Waals surface area contributed by atoms with E-state index < -0.39 is 11.7 Å². The van der Waals surface area contributed by atoms with Crippen LogP contribution in [0.15, 0.2) is 18.2 Å². The summed E-state index contributed by atoms with van der Waals surface area (Å²) in [4.78, 5) is 0. The molecule has 0 heterocycles. The molecule has 0 bridgehead atoms. The van der Waals surface area contributed by atoms with E-state index in [1.54, 1.807) is 19.9 Å². The van der Waals surface area contributed by atoms with Gasteiger partial charge in [-0.05, 0) is 37.5 Å². The average molecular weight is 201 g/mol. The van der Waals surface area contributed by atoms with Gasteiger partial charge in [0.05, 0.1) is 5.56 Å². The lowest BCUT2D eigenvalue weighted by Gasteiger charge is -2.12. The van der Waals surface area contributed by atoms with Crippen LogP contribution in [0.2, 0.25) is 0 Å². The highest BCUT2D eigenvalue weighted by molar-refractivity contribution is 5.33. The van der Waals surface area contributed by atoms with Gasteiger partial charge in [-0.2, -0.15) is 13.2 Å². The molecular weight excluding hydrogens is 189 g/mol. The van der Waals surface area contributed by atoms with E-state index in [9.17, 15) is 13.2 Å². The van der Waals surface area contributed by atoms with Crippen LogP contribution < -0.4 is 0 Å². The summed E-state index contributed by atoms with van der Waals surface area (Å²) in [6.45, 7) is 7.13. The smallest absolute Gasteiger partial charge is 0.166 e. The molecule has 1 atom stereocenters. The maximum atomic E-state index is 12.4. The van der Waals surface area contributed by atoms with Crippen LogP contribution in [0.25, 0.3) is 0 Å². The van der Waals surface area contributed by atoms with Crippen LogP contribution in [-0.4, -0.2) is 0 Å². The Hall–Kier alpha value is -0.990. The molecule has 1 aromatic carbocycles. The normalized spacial score (nSPS) is 12.2. The van der Waals surface area contributed by atoms with Gasteiger partial charge in [0.1, 0.15) is 0 Å². The fraction of sp³-hybridized carbons (Fsp3) is 0.364. The van der Waals surface area contributed by atoms with Gasteiger partial charge in [-0.1, -0.05) is 18.6 Å². The van der Waals surface area contributed by atoms with E-state index in [1.165, 1.54) is 0 Å². The average Bonchev–Trinajstić information content (AvgIpc) is 2.01. The van der Waals surface area contributed by atoms with E-state index in [1.807, 2.05) is 0 Å². The Bertz CT molecular complexity index is 324. The summed E-state index contributed by atoms with van der Waals surface area (Å²) >= 11 is 0. The third-order valence-corrected chi connectivity index (χ3v) is 2.00. The van der Waals surface area contributed by atoms with Crippen molar-refractivity contribution in [2.24, 2.45) is 0 Å². The van der Waals surface area contributed by atoms with Crippen LogP contribution in [0, 0.1) is 13.8 Å². The monoisotopic (exact) mass is 201 g/mol. The van der Waals surface area contributed by atoms with Crippen LogP contribution in [0.3, 0.4) is 0 Å². The highest BCUT2D eigenvalue weighted by Crippen LogP contribution is 2.31. The Kier molecular flexibility index (Phi) is 2.88. The first kappa shape index (κ1) is 11.1. The number of aryl methyl sites for hydroxylation is 1. The van der Waals surface area contributed by atoms with Crippen molar-refractivity contribution in [2.45, 2.75) is 25.9 Å². The minimum Gasteiger partial charge on any atom is -0.166 e. The van der Waals surface area contributed by atoms with Crippen LogP contribution in [0.1, 0.15) is 29.5 Å². The second kappa shape index (κ2) is 3.64. The second-order valence-corrected chi connectivity index (χ2v) is 3.53. The summed E-state index contributed by atoms with van der Waals surface area (Å²) < 4.78 is 37.2. The largest absolute Gasteiger partial charge is 0.416 e. The molecule has 0 amide bonds. The Morgan fingerprint density at radius 1 is 1.21 bits per heavy atom. The zero-order chi connectivity index (χ0) is 10.9. The van der Waals surface area contributed by atoms with Crippen molar-refractivity contribution in [3.8, 4) is 0 Å². The van der Waals surface area contributed by atoms with E-state index in [-0.39, 0.29) is 5.92 Å². The van der Waals surface area contributed by atoms with Crippen molar-refractivity contribution in [2.75, 3.05) is 0 Å². The summed E-state index contributed by atoms with van der Waals surface area (Å²) in [5.41, 5.74) is 0.644. The van der Waals surface area contributed by atoms with Crippen molar-refractivity contribution < 1.29 is 13.2 Å². The van der Waals surface area contributed by atoms with Crippen molar-refractivity contribution >= 4 is 0 Å². The summed E-state index contributed by atoms with van der Waals surface area (Å²) in [7, 11) is 0. The first-order valence-corrected chi connectivity index (χ1v) is 4.32. The van der Waals surface area contributed by atoms with Crippen LogP contribution >= 0.6 is 0 Å². The molecule has 1 aromatic rings. The van der Waals surface area contributed by atoms with Crippen molar-refractivity contribution in [3.05, 3.63) is 41.8 Å². The van der Waals surface area contributed by atoms with Crippen molar-refractivity contribution in [1.82, 2.24) is 0 Å². The molecule has 1 radical (unpaired) electrons. The molecule has 0 aliphatic heterocycles. The first-order chi connectivity index (χ1) is 6.30. The van der Waals surface area contributed by atoms with Crippen molar-refractivity contribution in [1.29, 1.82) is 0 Å². The molecule has 0 aromatic heterocycles. The number of benzene rings is 1. The molecule has 0 saturated heterocycles. The quantitative estimate of drug-likeness (QED) is 0.645. The molecule has 0 nitrogen and oxygen atoms in total. The van der Waals surface area contributed by atoms with Gasteiger partial charge in [-0.15, -0.1) is 0 Å². The molecule has 1 rings (SSSR count). The Morgan fingerprint density at radius 3 is 2.21 bits per heavy atom. The maximum Gasteiger partial charge on any atom is 0.416 e. The molecule has 0 fully saturated rings. The van der Waals surface area contributed by atoms with Gasteiger partial charge in [-0.3, -0.25) is 0 Å². The lowest BCUT2D eigenvalue weighted by Crippen LogP contribution is -2.06. The molecule has 77 valence electrons. The number of halogens is 3. The molecule has 0 N–H and O–H groups in total. The number of hydrogen-bond donors (Lipinski definition) is 0. The summed E-state index contributed by atoms with van der Waals surface area (Å²) in [6, 6.07) is 4.03. The van der Waals surface area contributed by atoms with E-state index in [0.717, 1.165) is 12.1 Å². The number of rotatable bonds is 1. The molecular formula is C11H12F3. The molecule has 0 aliphatic rings. The van der Waals surface area contributed by atoms with Gasteiger partial charge in [0, 0.05) is 0 Å². The number of alkyl halides is 3. The zero-order valence-electron chi connectivity index (χ0n) is 8.15. The topological polar surface area (TPSA) is 0 Å². The summed E-state index contributed by atoms with van der Waals surface area (Å²) in [5.74, 6) is -0.129. The van der Waals surface area contributed by atoms with E-state index in [2.05, 4.69) is 6.92 Å². The first-order valence-electron chi connectivity index (χ1n) is 4.32. The van der Waals surface area contributed by atoms with Crippen LogP contribution in [-0.2, 0) is 6.18 Å². The molecule has 3 heteroatoms. The zero-order valence-corrected chi connectivity index (χ0v) is 8.15. The van der Waals surface area contributed by atoms with Crippen LogP contribution in [0.4, 0.5) is 13.2 Å². The van der Waals surface area contributed by atoms with E-state index in [4.69, 9.17) is 0 Å². The predicted molar refractivity (Wildman–Crippen MR) is 50.0 cm³/mol. The SMILES string of the molecule is [CH2]C(C)c1cc(C)cc(C(F)(F)F)c1. The lowest BCUT2D eigenvalue weighted by molar-refractivity contribution is -0.137. The van der Waals surface area contributed by atoms with Crippen LogP contribution in [0.5, 0.6) is 0 Å². The van der Waals surface area contributed by atoms with Gasteiger partial charge >= 0.3 is 6.18 Å². The van der Waals surface area contributed by atoms with Gasteiger partial charge in [0.15, 0.2) is 0 Å². The molecule has 0 spiro atoms. The van der Waals surface area contributed by atoms with Gasteiger partial charge in [-0.25, -0.2) is 0 Å². The highest BCUT2D eigenvalue weighted by atomic mass is 19.4. The molecule has 0 aliphatic carbocycles. The van der Waals surface area contributed by atoms with Crippen molar-refractivity contribution in [3.63, 3.8) is 0 Å². The standard InChI is InChI=1S/C11H12F3/c1-7(2)9-4-8(3)5-10(6-9)11(12,13)14/h4-7H,1H2,2-3H3. The maximum absolute atomic E-state index is 12.4. The van der Waals surface area contributed by atoms with Gasteiger partial charge in [0.25, 0.3) is 0 Å². The minimum absolute atomic E-state index is 0.129. The highest BCUT2D eigenvalue weighted by Gasteiger charge is 2.30. The Morgan fingerprint density at radius 2 is 1.79 bits per heavy atom. The number of hydrogen-bond acceptors (Lipinski definition) is 0. The predicted octanol–water partition coefficient (Wildman–Crippen LogP) is 3.95. The third-order valence-electron chi connectivity index (χ3n) is 2.00. The second-order valence-electron chi connectivity index (χ2n) is 3.53. The Balaban J connectivity index is 3.21. The van der Waals surface area contributed by atoms with E-state index in [0.29, 0.717) is 11.1 Å². The van der Waals surface area contributed by atoms with Gasteiger partial charge < -0.3 is 0 Å². The van der Waals surface area contributed by atoms with E-state index >= 15 is 0 Å².